The zero-order valence-corrected chi connectivity index (χ0v) is 50.2. The van der Waals surface area contributed by atoms with Crippen LogP contribution >= 0.6 is 15.9 Å². The van der Waals surface area contributed by atoms with Crippen LogP contribution in [0.3, 0.4) is 0 Å². The molecule has 7 aliphatic rings. The molecule has 13 nitrogen and oxygen atoms in total. The van der Waals surface area contributed by atoms with Gasteiger partial charge >= 0.3 is 157 Å². The van der Waals surface area contributed by atoms with Crippen LogP contribution in [-0.4, -0.2) is 113 Å². The molecule has 0 saturated carbocycles. The third kappa shape index (κ3) is 22.1. The van der Waals surface area contributed by atoms with Crippen LogP contribution < -0.4 is 183 Å². The van der Waals surface area contributed by atoms with Gasteiger partial charge in [-0.1, -0.05) is 28.1 Å². The molecule has 6 bridgehead atoms. The number of rotatable bonds is 4. The first kappa shape index (κ1) is 61.2. The van der Waals surface area contributed by atoms with E-state index in [1.807, 2.05) is 42.5 Å². The predicted octanol–water partition coefficient (Wildman–Crippen LogP) is -4.82. The Kier molecular flexibility index (Phi) is 34.8. The third-order valence-corrected chi connectivity index (χ3v) is 11.3. The Morgan fingerprint density at radius 3 is 1.39 bits per heavy atom. The molecule has 7 saturated heterocycles. The van der Waals surface area contributed by atoms with Crippen molar-refractivity contribution >= 4 is 51.1 Å². The normalized spacial score (nSPS) is 23.8. The first-order valence-electron chi connectivity index (χ1n) is 20.3. The van der Waals surface area contributed by atoms with Crippen molar-refractivity contribution in [2.75, 3.05) is 62.3 Å². The third-order valence-electron chi connectivity index (χ3n) is 10.8. The number of hydrogen-bond acceptors (Lipinski definition) is 13. The minimum atomic E-state index is -0.181. The fourth-order valence-electron chi connectivity index (χ4n) is 7.76. The Hall–Kier alpha value is 1.14. The number of ether oxygens (including phenoxy) is 4. The van der Waals surface area contributed by atoms with Gasteiger partial charge in [-0.3, -0.25) is 4.79 Å². The van der Waals surface area contributed by atoms with E-state index < -0.39 is 0 Å². The average Bonchev–Trinajstić information content (AvgIpc) is 4.11. The molecule has 7 aliphatic heterocycles. The predicted molar refractivity (Wildman–Crippen MR) is 235 cm³/mol. The maximum absolute atomic E-state index is 8.75. The van der Waals surface area contributed by atoms with Crippen molar-refractivity contribution in [1.82, 2.24) is 5.32 Å². The molecule has 10 rings (SSSR count). The van der Waals surface area contributed by atoms with Crippen molar-refractivity contribution in [3.8, 4) is 12.1 Å². The van der Waals surface area contributed by atoms with E-state index in [-0.39, 0.29) is 183 Å². The summed E-state index contributed by atoms with van der Waals surface area (Å²) >= 11 is 3.27. The Balaban J connectivity index is 0. The SMILES string of the molecule is C1CC2CNCC1O2.C1CCOC1.N#Cc1ccc(Br)cc1.N#Cc1ccc(N2CC3CCC(C2)O3)cc1.NCc1ccc(N2CC3CCC(C2)O3)cc1.O=CO[O-].[AlH3].[Cs+].[Cs+].[H-].[H-].[Li+]. The second kappa shape index (κ2) is 35.3. The zero-order chi connectivity index (χ0) is 41.0. The summed E-state index contributed by atoms with van der Waals surface area (Å²) in [6, 6.07) is 27.8. The van der Waals surface area contributed by atoms with E-state index in [0.29, 0.717) is 48.7 Å². The number of carbonyl (C=O) groups excluding carboxylic acids is 1. The zero-order valence-electron chi connectivity index (χ0n) is 38.1. The van der Waals surface area contributed by atoms with E-state index in [2.05, 4.69) is 66.3 Å². The summed E-state index contributed by atoms with van der Waals surface area (Å²) in [7, 11) is 0. The minimum Gasteiger partial charge on any atom is -1.00 e. The molecule has 3 aromatic carbocycles. The van der Waals surface area contributed by atoms with Crippen LogP contribution in [0.15, 0.2) is 77.3 Å². The van der Waals surface area contributed by atoms with Crippen LogP contribution in [0.25, 0.3) is 0 Å². The Morgan fingerprint density at radius 1 is 0.710 bits per heavy atom. The van der Waals surface area contributed by atoms with E-state index >= 15 is 0 Å². The topological polar surface area (TPSA) is 178 Å². The van der Waals surface area contributed by atoms with Gasteiger partial charge in [0.25, 0.3) is 6.47 Å². The molecule has 7 fully saturated rings. The number of morpholine rings is 3. The largest absolute Gasteiger partial charge is 1.00 e. The van der Waals surface area contributed by atoms with Gasteiger partial charge in [0.1, 0.15) is 0 Å². The number of hydrogen-bond donors (Lipinski definition) is 2. The van der Waals surface area contributed by atoms with E-state index in [4.69, 9.17) is 45.3 Å². The number of nitrogens with two attached hydrogens (primary N) is 1. The van der Waals surface area contributed by atoms with Gasteiger partial charge in [0.05, 0.1) is 59.9 Å². The Bertz CT molecular complexity index is 1710. The van der Waals surface area contributed by atoms with Crippen LogP contribution in [0.2, 0.25) is 0 Å². The van der Waals surface area contributed by atoms with Crippen LogP contribution in [0, 0.1) is 22.7 Å². The fourth-order valence-corrected chi connectivity index (χ4v) is 8.03. The van der Waals surface area contributed by atoms with Gasteiger partial charge in [-0.25, -0.2) is 0 Å². The molecule has 7 heterocycles. The van der Waals surface area contributed by atoms with Gasteiger partial charge in [-0.2, -0.15) is 10.5 Å². The molecule has 322 valence electrons. The molecular formula is C44H61AlBrCs2LiN6O7. The molecule has 62 heavy (non-hydrogen) atoms. The van der Waals surface area contributed by atoms with Crippen molar-refractivity contribution in [1.29, 1.82) is 10.5 Å². The second-order valence-electron chi connectivity index (χ2n) is 15.0. The van der Waals surface area contributed by atoms with Crippen molar-refractivity contribution in [2.45, 2.75) is 94.5 Å². The maximum Gasteiger partial charge on any atom is 1.00 e. The number of anilines is 2. The standard InChI is InChI=1S/C13H18N2O.C13H14N2O.C7H4BrN.C6H11NO.C4H8O.CH2O3.Al.2Cs.Li.5H/c2*14-7-10-1-3-11(4-2-10)15-8-12-5-6-13(9-15)16-12;8-7-3-1-6(5-9)2-4-7;1-2-6-4-7-3-5(1)8-6;1-2-4-5-3-1;2-1-4-3;;;;;;;;;/h1-4,12-13H,5-9,14H2;1-4,12-13H,5-6,8-9H2;1-4H;5-7H,1-4H2;1-4H2;1,3H;;;;;;;;;/q;;;;;;;3*+1;;;;2*-1/p-1. The van der Waals surface area contributed by atoms with Gasteiger partial charge in [0, 0.05) is 74.9 Å². The summed E-state index contributed by atoms with van der Waals surface area (Å²) in [4.78, 5) is 16.1. The molecule has 0 amide bonds. The van der Waals surface area contributed by atoms with Crippen molar-refractivity contribution in [3.63, 3.8) is 0 Å². The molecular weight excluding hydrogens is 1100 g/mol. The second-order valence-corrected chi connectivity index (χ2v) is 15.9. The van der Waals surface area contributed by atoms with E-state index in [1.165, 1.54) is 68.3 Å². The number of nitrogens with zero attached hydrogens (tertiary/aromatic N) is 4. The molecule has 0 spiro atoms. The van der Waals surface area contributed by atoms with Crippen LogP contribution in [0.1, 0.15) is 70.9 Å². The molecule has 6 atom stereocenters. The van der Waals surface area contributed by atoms with Crippen LogP contribution in [0.4, 0.5) is 11.4 Å². The van der Waals surface area contributed by atoms with Crippen molar-refractivity contribution in [3.05, 3.63) is 94.0 Å². The summed E-state index contributed by atoms with van der Waals surface area (Å²) < 4.78 is 23.1. The summed E-state index contributed by atoms with van der Waals surface area (Å²) in [5.74, 6) is 0. The number of halogens is 1. The number of carbonyl (C=O) groups is 1. The summed E-state index contributed by atoms with van der Waals surface area (Å²) in [6.45, 7) is 8.66. The molecule has 6 unspecified atom stereocenters. The number of nitrogens with one attached hydrogen (secondary N) is 1. The number of nitriles is 2. The first-order valence-corrected chi connectivity index (χ1v) is 21.1. The van der Waals surface area contributed by atoms with E-state index in [1.54, 1.807) is 12.1 Å². The smallest absolute Gasteiger partial charge is 1.00 e. The van der Waals surface area contributed by atoms with Gasteiger partial charge in [0.15, 0.2) is 17.4 Å². The average molecular weight is 1170 g/mol. The summed E-state index contributed by atoms with van der Waals surface area (Å²) in [5.41, 5.74) is 10.7. The monoisotopic (exact) mass is 1160 g/mol. The van der Waals surface area contributed by atoms with Gasteiger partial charge in [0.2, 0.25) is 0 Å². The number of benzene rings is 3. The first-order chi connectivity index (χ1) is 28.4. The minimum absolute atomic E-state index is 0. The molecule has 0 aromatic heterocycles. The Labute approximate surface area is 519 Å². The van der Waals surface area contributed by atoms with Gasteiger partial charge in [-0.05, 0) is 118 Å². The Morgan fingerprint density at radius 2 is 1.06 bits per heavy atom. The maximum atomic E-state index is 8.75. The van der Waals surface area contributed by atoms with Gasteiger partial charge < -0.3 is 52.8 Å². The fraction of sp³-hybridized carbons (Fsp3) is 0.523. The van der Waals surface area contributed by atoms with Crippen LogP contribution in [-0.2, 0) is 35.2 Å². The van der Waals surface area contributed by atoms with Crippen molar-refractivity contribution < 1.29 is 193 Å². The molecule has 3 aromatic rings. The molecule has 3 N–H and O–H groups in total. The quantitative estimate of drug-likeness (QED) is 0.110. The van der Waals surface area contributed by atoms with E-state index in [9.17, 15) is 0 Å². The van der Waals surface area contributed by atoms with E-state index in [0.717, 1.165) is 62.5 Å². The van der Waals surface area contributed by atoms with Gasteiger partial charge in [-0.15, -0.1) is 0 Å². The van der Waals surface area contributed by atoms with Crippen molar-refractivity contribution in [2.24, 2.45) is 5.73 Å². The summed E-state index contributed by atoms with van der Waals surface area (Å²) in [5, 5.41) is 28.9. The summed E-state index contributed by atoms with van der Waals surface area (Å²) in [6.07, 6.45) is 12.8. The molecule has 18 heteroatoms. The molecule has 0 radical (unpaired) electrons. The molecule has 0 aliphatic carbocycles. The number of fused-ring (bicyclic) bond motifs is 6. The van der Waals surface area contributed by atoms with Crippen LogP contribution in [0.5, 0.6) is 0 Å².